The van der Waals surface area contributed by atoms with Gasteiger partial charge in [0.05, 0.1) is 11.4 Å². The molecule has 0 atom stereocenters. The van der Waals surface area contributed by atoms with Gasteiger partial charge in [-0.2, -0.15) is 0 Å². The highest BCUT2D eigenvalue weighted by Crippen LogP contribution is 2.27. The lowest BCUT2D eigenvalue weighted by Crippen LogP contribution is -2.27. The molecule has 1 aliphatic heterocycles. The van der Waals surface area contributed by atoms with Gasteiger partial charge in [-0.25, -0.2) is 0 Å². The molecular formula is C20H36N4. The Labute approximate surface area is 148 Å². The number of hydrogen-bond donors (Lipinski definition) is 2. The van der Waals surface area contributed by atoms with Gasteiger partial charge < -0.3 is 20.9 Å². The molecule has 0 aromatic heterocycles. The highest BCUT2D eigenvalue weighted by atomic mass is 15.1. The molecule has 4 nitrogen and oxygen atoms in total. The summed E-state index contributed by atoms with van der Waals surface area (Å²) in [7, 11) is 0. The van der Waals surface area contributed by atoms with E-state index < -0.39 is 0 Å². The topological polar surface area (TPSA) is 44.5 Å². The first-order chi connectivity index (χ1) is 11.7. The molecule has 1 aromatic rings. The van der Waals surface area contributed by atoms with Crippen molar-refractivity contribution in [1.29, 1.82) is 0 Å². The molecule has 1 aliphatic rings. The number of anilines is 2. The Balaban J connectivity index is 1.61. The second-order valence-corrected chi connectivity index (χ2v) is 6.82. The maximum absolute atomic E-state index is 6.26. The summed E-state index contributed by atoms with van der Waals surface area (Å²) in [5, 5.41) is 3.56. The summed E-state index contributed by atoms with van der Waals surface area (Å²) < 4.78 is 0. The van der Waals surface area contributed by atoms with Crippen LogP contribution in [0.5, 0.6) is 0 Å². The summed E-state index contributed by atoms with van der Waals surface area (Å²) in [5.41, 5.74) is 9.80. The second kappa shape index (κ2) is 10.6. The van der Waals surface area contributed by atoms with Crippen molar-refractivity contribution >= 4 is 11.4 Å². The first-order valence-electron chi connectivity index (χ1n) is 9.81. The number of nitrogens with zero attached hydrogens (tertiary/aromatic N) is 2. The third-order valence-corrected chi connectivity index (χ3v) is 5.08. The van der Waals surface area contributed by atoms with Gasteiger partial charge in [0.15, 0.2) is 0 Å². The van der Waals surface area contributed by atoms with Gasteiger partial charge in [-0.3, -0.25) is 0 Å². The van der Waals surface area contributed by atoms with Gasteiger partial charge in [0.2, 0.25) is 0 Å². The van der Waals surface area contributed by atoms with Crippen molar-refractivity contribution in [2.24, 2.45) is 0 Å². The van der Waals surface area contributed by atoms with Crippen molar-refractivity contribution in [3.05, 3.63) is 23.8 Å². The lowest BCUT2D eigenvalue weighted by atomic mass is 10.1. The SMILES string of the molecule is CCN(CC)CCCNCCCc1ccc(N2CCCC2)c(N)c1. The van der Waals surface area contributed by atoms with Crippen LogP contribution in [-0.4, -0.2) is 50.7 Å². The van der Waals surface area contributed by atoms with Crippen LogP contribution in [0, 0.1) is 0 Å². The maximum Gasteiger partial charge on any atom is 0.0600 e. The van der Waals surface area contributed by atoms with Gasteiger partial charge in [0.25, 0.3) is 0 Å². The maximum atomic E-state index is 6.26. The predicted octanol–water partition coefficient (Wildman–Crippen LogP) is 3.12. The predicted molar refractivity (Wildman–Crippen MR) is 106 cm³/mol. The molecular weight excluding hydrogens is 296 g/mol. The van der Waals surface area contributed by atoms with Gasteiger partial charge in [-0.05, 0) is 82.5 Å². The highest BCUT2D eigenvalue weighted by molar-refractivity contribution is 5.68. The Morgan fingerprint density at radius 3 is 2.46 bits per heavy atom. The van der Waals surface area contributed by atoms with Gasteiger partial charge in [0, 0.05) is 13.1 Å². The minimum Gasteiger partial charge on any atom is -0.397 e. The Morgan fingerprint density at radius 1 is 1.08 bits per heavy atom. The highest BCUT2D eigenvalue weighted by Gasteiger charge is 2.14. The van der Waals surface area contributed by atoms with Gasteiger partial charge in [-0.1, -0.05) is 19.9 Å². The Kier molecular flexibility index (Phi) is 8.40. The number of nitrogens with one attached hydrogen (secondary N) is 1. The zero-order valence-corrected chi connectivity index (χ0v) is 15.7. The zero-order valence-electron chi connectivity index (χ0n) is 15.7. The Hall–Kier alpha value is -1.26. The molecule has 2 rings (SSSR count). The summed E-state index contributed by atoms with van der Waals surface area (Å²) in [5.74, 6) is 0. The molecule has 1 heterocycles. The van der Waals surface area contributed by atoms with Crippen LogP contribution >= 0.6 is 0 Å². The fourth-order valence-corrected chi connectivity index (χ4v) is 3.52. The smallest absolute Gasteiger partial charge is 0.0600 e. The molecule has 0 radical (unpaired) electrons. The fourth-order valence-electron chi connectivity index (χ4n) is 3.52. The van der Waals surface area contributed by atoms with Crippen LogP contribution in [0.2, 0.25) is 0 Å². The third kappa shape index (κ3) is 5.99. The minimum atomic E-state index is 0.946. The van der Waals surface area contributed by atoms with E-state index >= 15 is 0 Å². The molecule has 0 aliphatic carbocycles. The van der Waals surface area contributed by atoms with Gasteiger partial charge >= 0.3 is 0 Å². The summed E-state index contributed by atoms with van der Waals surface area (Å²) in [6.45, 7) is 12.5. The average molecular weight is 333 g/mol. The molecule has 1 aromatic carbocycles. The van der Waals surface area contributed by atoms with Crippen LogP contribution in [0.25, 0.3) is 0 Å². The number of rotatable bonds is 11. The van der Waals surface area contributed by atoms with Crippen LogP contribution in [-0.2, 0) is 6.42 Å². The van der Waals surface area contributed by atoms with E-state index in [0.717, 1.165) is 51.4 Å². The molecule has 4 heteroatoms. The minimum absolute atomic E-state index is 0.946. The number of benzene rings is 1. The van der Waals surface area contributed by atoms with E-state index in [1.165, 1.54) is 43.5 Å². The molecule has 0 bridgehead atoms. The van der Waals surface area contributed by atoms with Crippen molar-refractivity contribution in [3.63, 3.8) is 0 Å². The van der Waals surface area contributed by atoms with Crippen molar-refractivity contribution in [3.8, 4) is 0 Å². The standard InChI is InChI=1S/C20H36N4/c1-3-23(4-2)14-8-13-22-12-7-9-18-10-11-20(19(21)17-18)24-15-5-6-16-24/h10-11,17,22H,3-9,12-16,21H2,1-2H3. The lowest BCUT2D eigenvalue weighted by molar-refractivity contribution is 0.298. The Morgan fingerprint density at radius 2 is 1.79 bits per heavy atom. The van der Waals surface area contributed by atoms with Crippen LogP contribution in [0.15, 0.2) is 18.2 Å². The average Bonchev–Trinajstić information content (AvgIpc) is 3.12. The normalized spacial score (nSPS) is 14.7. The molecule has 0 spiro atoms. The molecule has 0 amide bonds. The van der Waals surface area contributed by atoms with Gasteiger partial charge in [0.1, 0.15) is 0 Å². The summed E-state index contributed by atoms with van der Waals surface area (Å²) >= 11 is 0. The lowest BCUT2D eigenvalue weighted by Gasteiger charge is -2.20. The summed E-state index contributed by atoms with van der Waals surface area (Å²) in [6, 6.07) is 6.64. The summed E-state index contributed by atoms with van der Waals surface area (Å²) in [6.07, 6.45) is 6.10. The number of nitrogen functional groups attached to an aromatic ring is 1. The van der Waals surface area contributed by atoms with Crippen LogP contribution < -0.4 is 16.0 Å². The van der Waals surface area contributed by atoms with Gasteiger partial charge in [-0.15, -0.1) is 0 Å². The van der Waals surface area contributed by atoms with E-state index in [2.05, 4.69) is 47.2 Å². The van der Waals surface area contributed by atoms with Crippen molar-refractivity contribution in [2.45, 2.75) is 46.0 Å². The largest absolute Gasteiger partial charge is 0.397 e. The molecule has 24 heavy (non-hydrogen) atoms. The van der Waals surface area contributed by atoms with Crippen molar-refractivity contribution < 1.29 is 0 Å². The molecule has 136 valence electrons. The van der Waals surface area contributed by atoms with Crippen molar-refractivity contribution in [2.75, 3.05) is 56.4 Å². The second-order valence-electron chi connectivity index (χ2n) is 6.82. The molecule has 1 fully saturated rings. The van der Waals surface area contributed by atoms with E-state index in [1.807, 2.05) is 0 Å². The van der Waals surface area contributed by atoms with E-state index in [-0.39, 0.29) is 0 Å². The Bertz CT molecular complexity index is 465. The van der Waals surface area contributed by atoms with Crippen molar-refractivity contribution in [1.82, 2.24) is 10.2 Å². The third-order valence-electron chi connectivity index (χ3n) is 5.08. The van der Waals surface area contributed by atoms with E-state index in [1.54, 1.807) is 0 Å². The number of nitrogens with two attached hydrogens (primary N) is 1. The molecule has 0 unspecified atom stereocenters. The van der Waals surface area contributed by atoms with Crippen LogP contribution in [0.1, 0.15) is 45.1 Å². The first kappa shape index (κ1) is 19.1. The first-order valence-corrected chi connectivity index (χ1v) is 9.81. The molecule has 0 saturated carbocycles. The molecule has 3 N–H and O–H groups in total. The number of hydrogen-bond acceptors (Lipinski definition) is 4. The van der Waals surface area contributed by atoms with Crippen LogP contribution in [0.4, 0.5) is 11.4 Å². The zero-order chi connectivity index (χ0) is 17.2. The number of aryl methyl sites for hydroxylation is 1. The quantitative estimate of drug-likeness (QED) is 0.483. The summed E-state index contributed by atoms with van der Waals surface area (Å²) in [4.78, 5) is 4.89. The monoisotopic (exact) mass is 332 g/mol. The fraction of sp³-hybridized carbons (Fsp3) is 0.700. The van der Waals surface area contributed by atoms with E-state index in [9.17, 15) is 0 Å². The van der Waals surface area contributed by atoms with Crippen LogP contribution in [0.3, 0.4) is 0 Å². The molecule has 1 saturated heterocycles. The van der Waals surface area contributed by atoms with E-state index in [0.29, 0.717) is 0 Å². The van der Waals surface area contributed by atoms with E-state index in [4.69, 9.17) is 5.73 Å².